The molecule has 0 aliphatic carbocycles. The summed E-state index contributed by atoms with van der Waals surface area (Å²) in [5.74, 6) is 0. The van der Waals surface area contributed by atoms with Gasteiger partial charge in [0.15, 0.2) is 0 Å². The van der Waals surface area contributed by atoms with Gasteiger partial charge in [0.2, 0.25) is 0 Å². The van der Waals surface area contributed by atoms with Crippen LogP contribution in [-0.4, -0.2) is 30.9 Å². The first-order valence-electron chi connectivity index (χ1n) is 7.46. The van der Waals surface area contributed by atoms with E-state index in [9.17, 15) is 5.11 Å². The molecule has 0 bridgehead atoms. The van der Waals surface area contributed by atoms with Crippen LogP contribution >= 0.6 is 15.9 Å². The Morgan fingerprint density at radius 3 is 2.95 bits per heavy atom. The van der Waals surface area contributed by atoms with Gasteiger partial charge in [-0.2, -0.15) is 0 Å². The average Bonchev–Trinajstić information content (AvgIpc) is 2.45. The van der Waals surface area contributed by atoms with Gasteiger partial charge in [-0.25, -0.2) is 0 Å². The molecule has 1 aromatic carbocycles. The van der Waals surface area contributed by atoms with E-state index < -0.39 is 6.10 Å². The van der Waals surface area contributed by atoms with E-state index in [1.165, 1.54) is 12.1 Å². The maximum atomic E-state index is 9.63. The molecule has 0 saturated carbocycles. The lowest BCUT2D eigenvalue weighted by atomic mass is 10.1. The van der Waals surface area contributed by atoms with Crippen LogP contribution in [0.2, 0.25) is 0 Å². The predicted octanol–water partition coefficient (Wildman–Crippen LogP) is 3.90. The van der Waals surface area contributed by atoms with Gasteiger partial charge in [-0.1, -0.05) is 13.0 Å². The van der Waals surface area contributed by atoms with Gasteiger partial charge in [0.25, 0.3) is 0 Å². The summed E-state index contributed by atoms with van der Waals surface area (Å²) in [6, 6.07) is 6.10. The van der Waals surface area contributed by atoms with Crippen molar-refractivity contribution in [2.75, 3.05) is 24.6 Å². The zero-order valence-electron chi connectivity index (χ0n) is 12.3. The second-order valence-corrected chi connectivity index (χ2v) is 6.32. The monoisotopic (exact) mass is 341 g/mol. The number of halogens is 1. The van der Waals surface area contributed by atoms with Crippen molar-refractivity contribution in [3.8, 4) is 0 Å². The second kappa shape index (κ2) is 7.43. The number of aliphatic hydroxyl groups is 1. The van der Waals surface area contributed by atoms with E-state index in [4.69, 9.17) is 4.74 Å². The Balaban J connectivity index is 2.06. The molecule has 0 spiro atoms. The maximum Gasteiger partial charge on any atom is 0.0762 e. The van der Waals surface area contributed by atoms with Crippen LogP contribution in [0, 0.1) is 0 Å². The molecule has 1 aliphatic rings. The Labute approximate surface area is 130 Å². The van der Waals surface area contributed by atoms with Crippen LogP contribution in [0.4, 0.5) is 5.69 Å². The summed E-state index contributed by atoms with van der Waals surface area (Å²) in [4.78, 5) is 2.37. The minimum absolute atomic E-state index is 0.340. The van der Waals surface area contributed by atoms with Gasteiger partial charge in [-0.05, 0) is 59.8 Å². The molecule has 0 radical (unpaired) electrons. The molecule has 20 heavy (non-hydrogen) atoms. The maximum absolute atomic E-state index is 9.63. The van der Waals surface area contributed by atoms with Crippen molar-refractivity contribution >= 4 is 21.6 Å². The summed E-state index contributed by atoms with van der Waals surface area (Å²) < 4.78 is 6.94. The van der Waals surface area contributed by atoms with E-state index in [0.29, 0.717) is 6.10 Å². The van der Waals surface area contributed by atoms with Crippen molar-refractivity contribution in [2.45, 2.75) is 45.3 Å². The van der Waals surface area contributed by atoms with Crippen LogP contribution in [0.3, 0.4) is 0 Å². The van der Waals surface area contributed by atoms with Gasteiger partial charge in [0.05, 0.1) is 17.9 Å². The predicted molar refractivity (Wildman–Crippen MR) is 86.3 cm³/mol. The third-order valence-electron chi connectivity index (χ3n) is 3.73. The van der Waals surface area contributed by atoms with Gasteiger partial charge in [-0.3, -0.25) is 0 Å². The van der Waals surface area contributed by atoms with Crippen molar-refractivity contribution in [1.82, 2.24) is 0 Å². The summed E-state index contributed by atoms with van der Waals surface area (Å²) in [5, 5.41) is 9.63. The van der Waals surface area contributed by atoms with Crippen LogP contribution < -0.4 is 4.90 Å². The summed E-state index contributed by atoms with van der Waals surface area (Å²) in [6.07, 6.45) is 3.30. The fourth-order valence-electron chi connectivity index (χ4n) is 2.62. The van der Waals surface area contributed by atoms with Crippen molar-refractivity contribution < 1.29 is 9.84 Å². The minimum atomic E-state index is -0.428. The SMILES string of the molecule is CCCOC1CCCN(c2ccc(C(C)O)cc2Br)C1. The molecular weight excluding hydrogens is 318 g/mol. The molecule has 3 nitrogen and oxygen atoms in total. The number of ether oxygens (including phenoxy) is 1. The number of nitrogens with zero attached hydrogens (tertiary/aromatic N) is 1. The third-order valence-corrected chi connectivity index (χ3v) is 4.37. The molecule has 0 aromatic heterocycles. The van der Waals surface area contributed by atoms with Gasteiger partial charge in [-0.15, -0.1) is 0 Å². The second-order valence-electron chi connectivity index (χ2n) is 5.47. The van der Waals surface area contributed by atoms with Gasteiger partial charge in [0.1, 0.15) is 0 Å². The summed E-state index contributed by atoms with van der Waals surface area (Å²) in [5.41, 5.74) is 2.13. The molecule has 1 heterocycles. The van der Waals surface area contributed by atoms with Crippen LogP contribution in [0.1, 0.15) is 44.8 Å². The summed E-state index contributed by atoms with van der Waals surface area (Å²) in [6.45, 7) is 6.80. The molecule has 1 aromatic rings. The van der Waals surface area contributed by atoms with Crippen molar-refractivity contribution in [3.05, 3.63) is 28.2 Å². The Hall–Kier alpha value is -0.580. The lowest BCUT2D eigenvalue weighted by Gasteiger charge is -2.35. The Morgan fingerprint density at radius 1 is 1.50 bits per heavy atom. The van der Waals surface area contributed by atoms with Crippen molar-refractivity contribution in [3.63, 3.8) is 0 Å². The van der Waals surface area contributed by atoms with Gasteiger partial charge >= 0.3 is 0 Å². The van der Waals surface area contributed by atoms with Gasteiger partial charge < -0.3 is 14.7 Å². The van der Waals surface area contributed by atoms with E-state index in [2.05, 4.69) is 33.8 Å². The van der Waals surface area contributed by atoms with Crippen LogP contribution in [0.5, 0.6) is 0 Å². The third kappa shape index (κ3) is 3.96. The average molecular weight is 342 g/mol. The van der Waals surface area contributed by atoms with Gasteiger partial charge in [0, 0.05) is 24.2 Å². The normalized spacial score (nSPS) is 21.0. The topological polar surface area (TPSA) is 32.7 Å². The zero-order chi connectivity index (χ0) is 14.5. The lowest BCUT2D eigenvalue weighted by molar-refractivity contribution is 0.0440. The number of benzene rings is 1. The Kier molecular flexibility index (Phi) is 5.87. The molecule has 4 heteroatoms. The standard InChI is InChI=1S/C16H24BrNO2/c1-3-9-20-14-5-4-8-18(11-14)16-7-6-13(12(2)19)10-15(16)17/h6-7,10,12,14,19H,3-5,8-9,11H2,1-2H3. The number of piperidine rings is 1. The first kappa shape index (κ1) is 15.8. The highest BCUT2D eigenvalue weighted by Gasteiger charge is 2.22. The zero-order valence-corrected chi connectivity index (χ0v) is 13.9. The molecule has 1 N–H and O–H groups in total. The van der Waals surface area contributed by atoms with E-state index in [-0.39, 0.29) is 0 Å². The van der Waals surface area contributed by atoms with Crippen molar-refractivity contribution in [2.24, 2.45) is 0 Å². The molecule has 1 aliphatic heterocycles. The first-order chi connectivity index (χ1) is 9.61. The molecule has 1 saturated heterocycles. The molecular formula is C16H24BrNO2. The fourth-order valence-corrected chi connectivity index (χ4v) is 3.26. The van der Waals surface area contributed by atoms with Crippen LogP contribution in [0.15, 0.2) is 22.7 Å². The van der Waals surface area contributed by atoms with E-state index >= 15 is 0 Å². The summed E-state index contributed by atoms with van der Waals surface area (Å²) >= 11 is 3.63. The number of aliphatic hydroxyl groups excluding tert-OH is 1. The molecule has 0 amide bonds. The van der Waals surface area contributed by atoms with E-state index in [0.717, 1.165) is 42.6 Å². The largest absolute Gasteiger partial charge is 0.389 e. The molecule has 112 valence electrons. The minimum Gasteiger partial charge on any atom is -0.389 e. The first-order valence-corrected chi connectivity index (χ1v) is 8.25. The number of anilines is 1. The van der Waals surface area contributed by atoms with Crippen molar-refractivity contribution in [1.29, 1.82) is 0 Å². The number of rotatable bonds is 5. The fraction of sp³-hybridized carbons (Fsp3) is 0.625. The molecule has 2 unspecified atom stereocenters. The number of hydrogen-bond acceptors (Lipinski definition) is 3. The van der Waals surface area contributed by atoms with Crippen LogP contribution in [-0.2, 0) is 4.74 Å². The lowest BCUT2D eigenvalue weighted by Crippen LogP contribution is -2.40. The highest BCUT2D eigenvalue weighted by atomic mass is 79.9. The molecule has 1 fully saturated rings. The smallest absolute Gasteiger partial charge is 0.0762 e. The van der Waals surface area contributed by atoms with E-state index in [1.807, 2.05) is 12.1 Å². The highest BCUT2D eigenvalue weighted by molar-refractivity contribution is 9.10. The van der Waals surface area contributed by atoms with Crippen LogP contribution in [0.25, 0.3) is 0 Å². The Morgan fingerprint density at radius 2 is 2.30 bits per heavy atom. The highest BCUT2D eigenvalue weighted by Crippen LogP contribution is 2.31. The molecule has 2 atom stereocenters. The summed E-state index contributed by atoms with van der Waals surface area (Å²) in [7, 11) is 0. The Bertz CT molecular complexity index is 436. The van der Waals surface area contributed by atoms with E-state index in [1.54, 1.807) is 6.92 Å². The molecule has 2 rings (SSSR count). The number of hydrogen-bond donors (Lipinski definition) is 1. The quantitative estimate of drug-likeness (QED) is 0.881.